The van der Waals surface area contributed by atoms with Crippen LogP contribution >= 0.6 is 0 Å². The lowest BCUT2D eigenvalue weighted by Crippen LogP contribution is -2.49. The Labute approximate surface area is 256 Å². The number of methoxy groups -OCH3 is 2. The fourth-order valence-corrected chi connectivity index (χ4v) is 7.27. The van der Waals surface area contributed by atoms with Gasteiger partial charge in [0.15, 0.2) is 11.5 Å². The highest BCUT2D eigenvalue weighted by molar-refractivity contribution is 7.89. The minimum atomic E-state index is -4.21. The fraction of sp³-hybridized carbons (Fsp3) is 0.176. The van der Waals surface area contributed by atoms with Gasteiger partial charge in [0.1, 0.15) is 17.0 Å². The average Bonchev–Trinajstić information content (AvgIpc) is 3.38. The number of carbonyl (C=O) groups excluding carboxylic acids is 1. The first-order valence-corrected chi connectivity index (χ1v) is 15.4. The normalized spacial score (nSPS) is 16.5. The summed E-state index contributed by atoms with van der Waals surface area (Å²) in [6.45, 7) is 1.98. The van der Waals surface area contributed by atoms with Crippen molar-refractivity contribution < 1.29 is 27.4 Å². The molecule has 0 radical (unpaired) electrons. The molecule has 0 saturated carbocycles. The lowest BCUT2D eigenvalue weighted by Gasteiger charge is -2.37. The predicted octanol–water partition coefficient (Wildman–Crippen LogP) is 6.20. The van der Waals surface area contributed by atoms with Crippen LogP contribution in [0.1, 0.15) is 16.7 Å². The van der Waals surface area contributed by atoms with Crippen molar-refractivity contribution >= 4 is 27.0 Å². The molecule has 4 aromatic carbocycles. The van der Waals surface area contributed by atoms with Gasteiger partial charge in [0, 0.05) is 30.6 Å². The highest BCUT2D eigenvalue weighted by Gasteiger charge is 2.53. The van der Waals surface area contributed by atoms with Crippen molar-refractivity contribution in [2.75, 3.05) is 20.8 Å². The lowest BCUT2D eigenvalue weighted by atomic mass is 9.84. The number of carbonyl (C=O) groups is 1. The van der Waals surface area contributed by atoms with Crippen molar-refractivity contribution in [2.24, 2.45) is 0 Å². The van der Waals surface area contributed by atoms with Crippen molar-refractivity contribution in [1.82, 2.24) is 14.6 Å². The summed E-state index contributed by atoms with van der Waals surface area (Å²) in [6.07, 6.45) is 1.92. The van der Waals surface area contributed by atoms with Crippen LogP contribution in [-0.4, -0.2) is 44.5 Å². The molecule has 1 atom stereocenters. The number of urea groups is 1. The minimum Gasteiger partial charge on any atom is -0.493 e. The molecule has 0 aliphatic carbocycles. The van der Waals surface area contributed by atoms with Crippen LogP contribution in [0.5, 0.6) is 23.0 Å². The van der Waals surface area contributed by atoms with Gasteiger partial charge >= 0.3 is 6.03 Å². The summed E-state index contributed by atoms with van der Waals surface area (Å²) in [5.74, 6) is 2.19. The van der Waals surface area contributed by atoms with E-state index in [1.165, 1.54) is 12.1 Å². The molecule has 2 amide bonds. The standard InChI is InChI=1S/C34H31N3O6S/c1-23-9-15-27(16-10-23)44(39,40)37-33(38)36-22-34(37,21-24-7-5-4-6-8-24)25-11-13-26(14-12-25)43-30-17-18-35-29-20-32(42-3)31(41-2)19-28(29)30/h4-20H,21-22H2,1-3H3,(H,36,38). The van der Waals surface area contributed by atoms with Gasteiger partial charge in [0.05, 0.1) is 24.6 Å². The Morgan fingerprint density at radius 2 is 1.55 bits per heavy atom. The molecule has 1 aliphatic rings. The molecule has 44 heavy (non-hydrogen) atoms. The molecule has 6 rings (SSSR count). The monoisotopic (exact) mass is 609 g/mol. The highest BCUT2D eigenvalue weighted by atomic mass is 32.2. The number of nitrogens with zero attached hydrogens (tertiary/aromatic N) is 2. The first kappa shape index (κ1) is 29.0. The molecule has 5 aromatic rings. The summed E-state index contributed by atoms with van der Waals surface area (Å²) in [5.41, 5.74) is 1.90. The molecule has 1 aliphatic heterocycles. The van der Waals surface area contributed by atoms with Crippen LogP contribution < -0.4 is 19.5 Å². The maximum absolute atomic E-state index is 14.1. The molecule has 10 heteroatoms. The van der Waals surface area contributed by atoms with E-state index in [-0.39, 0.29) is 17.9 Å². The summed E-state index contributed by atoms with van der Waals surface area (Å²) >= 11 is 0. The van der Waals surface area contributed by atoms with Gasteiger partial charge in [0.25, 0.3) is 10.0 Å². The summed E-state index contributed by atoms with van der Waals surface area (Å²) in [6, 6.07) is 27.9. The van der Waals surface area contributed by atoms with Crippen molar-refractivity contribution in [2.45, 2.75) is 23.8 Å². The first-order chi connectivity index (χ1) is 21.2. The summed E-state index contributed by atoms with van der Waals surface area (Å²) in [7, 11) is -1.08. The van der Waals surface area contributed by atoms with E-state index >= 15 is 0 Å². The zero-order valence-corrected chi connectivity index (χ0v) is 25.3. The van der Waals surface area contributed by atoms with Crippen LogP contribution in [0.15, 0.2) is 108 Å². The van der Waals surface area contributed by atoms with Gasteiger partial charge in [-0.2, -0.15) is 0 Å². The molecular weight excluding hydrogens is 578 g/mol. The van der Waals surface area contributed by atoms with Crippen LogP contribution in [-0.2, 0) is 22.0 Å². The van der Waals surface area contributed by atoms with Crippen LogP contribution in [0.4, 0.5) is 4.79 Å². The molecule has 224 valence electrons. The van der Waals surface area contributed by atoms with Crippen LogP contribution in [0, 0.1) is 6.92 Å². The van der Waals surface area contributed by atoms with Crippen molar-refractivity contribution in [1.29, 1.82) is 0 Å². The predicted molar refractivity (Wildman–Crippen MR) is 167 cm³/mol. The fourth-order valence-electron chi connectivity index (χ4n) is 5.60. The Kier molecular flexibility index (Phi) is 7.60. The molecule has 0 spiro atoms. The Bertz CT molecular complexity index is 1930. The van der Waals surface area contributed by atoms with Gasteiger partial charge in [0.2, 0.25) is 0 Å². The molecule has 1 aromatic heterocycles. The summed E-state index contributed by atoms with van der Waals surface area (Å²) < 4.78 is 46.3. The largest absolute Gasteiger partial charge is 0.493 e. The van der Waals surface area contributed by atoms with Gasteiger partial charge < -0.3 is 19.5 Å². The second-order valence-corrected chi connectivity index (χ2v) is 12.4. The molecular formula is C34H31N3O6S. The molecule has 1 N–H and O–H groups in total. The Morgan fingerprint density at radius 1 is 0.864 bits per heavy atom. The van der Waals surface area contributed by atoms with E-state index in [9.17, 15) is 13.2 Å². The number of aryl methyl sites for hydroxylation is 1. The molecule has 1 fully saturated rings. The number of ether oxygens (including phenoxy) is 3. The van der Waals surface area contributed by atoms with Crippen molar-refractivity contribution in [3.05, 3.63) is 120 Å². The molecule has 9 nitrogen and oxygen atoms in total. The molecule has 1 unspecified atom stereocenters. The van der Waals surface area contributed by atoms with Gasteiger partial charge in [-0.1, -0.05) is 60.2 Å². The molecule has 2 heterocycles. The summed E-state index contributed by atoms with van der Waals surface area (Å²) in [4.78, 5) is 17.8. The number of rotatable bonds is 9. The quantitative estimate of drug-likeness (QED) is 0.212. The zero-order valence-electron chi connectivity index (χ0n) is 24.5. The second kappa shape index (κ2) is 11.5. The third kappa shape index (κ3) is 5.17. The number of hydrogen-bond donors (Lipinski definition) is 1. The SMILES string of the molecule is COc1cc2nccc(Oc3ccc(C4(Cc5ccccc5)CNC(=O)N4S(=O)(=O)c4ccc(C)cc4)cc3)c2cc1OC. The number of pyridine rings is 1. The molecule has 0 bridgehead atoms. The second-order valence-electron chi connectivity index (χ2n) is 10.6. The van der Waals surface area contributed by atoms with E-state index in [0.29, 0.717) is 34.1 Å². The van der Waals surface area contributed by atoms with E-state index in [1.54, 1.807) is 56.8 Å². The Balaban J connectivity index is 1.40. The van der Waals surface area contributed by atoms with Gasteiger partial charge in [-0.15, -0.1) is 0 Å². The summed E-state index contributed by atoms with van der Waals surface area (Å²) in [5, 5.41) is 3.54. The third-order valence-corrected chi connectivity index (χ3v) is 9.69. The third-order valence-electron chi connectivity index (χ3n) is 7.83. The number of nitrogens with one attached hydrogen (secondary N) is 1. The van der Waals surface area contributed by atoms with Gasteiger partial charge in [-0.05, 0) is 54.4 Å². The first-order valence-electron chi connectivity index (χ1n) is 14.0. The van der Waals surface area contributed by atoms with Gasteiger partial charge in [-0.25, -0.2) is 17.5 Å². The van der Waals surface area contributed by atoms with Crippen LogP contribution in [0.2, 0.25) is 0 Å². The highest BCUT2D eigenvalue weighted by Crippen LogP contribution is 2.41. The van der Waals surface area contributed by atoms with Crippen molar-refractivity contribution in [3.8, 4) is 23.0 Å². The van der Waals surface area contributed by atoms with E-state index in [2.05, 4.69) is 10.3 Å². The molecule has 1 saturated heterocycles. The zero-order chi connectivity index (χ0) is 30.9. The smallest absolute Gasteiger partial charge is 0.332 e. The van der Waals surface area contributed by atoms with Gasteiger partial charge in [-0.3, -0.25) is 4.98 Å². The number of sulfonamides is 1. The topological polar surface area (TPSA) is 107 Å². The van der Waals surface area contributed by atoms with E-state index in [4.69, 9.17) is 14.2 Å². The number of fused-ring (bicyclic) bond motifs is 1. The van der Waals surface area contributed by atoms with Crippen LogP contribution in [0.25, 0.3) is 10.9 Å². The minimum absolute atomic E-state index is 0.0502. The van der Waals surface area contributed by atoms with Crippen LogP contribution in [0.3, 0.4) is 0 Å². The number of hydrogen-bond acceptors (Lipinski definition) is 7. The van der Waals surface area contributed by atoms with E-state index in [0.717, 1.165) is 20.8 Å². The maximum atomic E-state index is 14.1. The van der Waals surface area contributed by atoms with E-state index in [1.807, 2.05) is 55.5 Å². The maximum Gasteiger partial charge on any atom is 0.332 e. The Morgan fingerprint density at radius 3 is 2.23 bits per heavy atom. The number of aromatic nitrogens is 1. The van der Waals surface area contributed by atoms with Crippen molar-refractivity contribution in [3.63, 3.8) is 0 Å². The lowest BCUT2D eigenvalue weighted by molar-refractivity contribution is 0.211. The number of benzene rings is 4. The average molecular weight is 610 g/mol. The number of amides is 2. The Hall–Kier alpha value is -5.09. The van der Waals surface area contributed by atoms with E-state index < -0.39 is 21.6 Å².